The topological polar surface area (TPSA) is 89.3 Å². The van der Waals surface area contributed by atoms with Gasteiger partial charge in [0, 0.05) is 11.6 Å². The van der Waals surface area contributed by atoms with Crippen molar-refractivity contribution in [3.05, 3.63) is 23.3 Å². The lowest BCUT2D eigenvalue weighted by Crippen LogP contribution is -2.54. The number of allylic oxidation sites excluding steroid dienone is 2. The van der Waals surface area contributed by atoms with Gasteiger partial charge in [0.1, 0.15) is 0 Å². The molecule has 0 heterocycles. The SMILES string of the molecule is NCC1(N)C=CC(Cl)=CC1C(=O)O. The highest BCUT2D eigenvalue weighted by atomic mass is 35.5. The molecule has 4 nitrogen and oxygen atoms in total. The van der Waals surface area contributed by atoms with Gasteiger partial charge >= 0.3 is 5.97 Å². The van der Waals surface area contributed by atoms with Gasteiger partial charge in [-0.15, -0.1) is 0 Å². The minimum absolute atomic E-state index is 0.0706. The molecule has 0 radical (unpaired) electrons. The maximum absolute atomic E-state index is 10.8. The van der Waals surface area contributed by atoms with Crippen molar-refractivity contribution in [2.24, 2.45) is 17.4 Å². The van der Waals surface area contributed by atoms with Crippen molar-refractivity contribution in [2.45, 2.75) is 5.54 Å². The quantitative estimate of drug-likeness (QED) is 0.590. The Labute approximate surface area is 80.8 Å². The summed E-state index contributed by atoms with van der Waals surface area (Å²) in [6, 6.07) is 0. The van der Waals surface area contributed by atoms with Crippen molar-refractivity contribution < 1.29 is 9.90 Å². The van der Waals surface area contributed by atoms with Gasteiger partial charge < -0.3 is 16.6 Å². The van der Waals surface area contributed by atoms with Crippen molar-refractivity contribution in [3.63, 3.8) is 0 Å². The fraction of sp³-hybridized carbons (Fsp3) is 0.375. The van der Waals surface area contributed by atoms with Gasteiger partial charge in [-0.3, -0.25) is 4.79 Å². The van der Waals surface area contributed by atoms with E-state index in [-0.39, 0.29) is 6.54 Å². The van der Waals surface area contributed by atoms with Crippen molar-refractivity contribution >= 4 is 17.6 Å². The van der Waals surface area contributed by atoms with Gasteiger partial charge in [0.25, 0.3) is 0 Å². The number of nitrogens with two attached hydrogens (primary N) is 2. The number of aliphatic carboxylic acids is 1. The minimum Gasteiger partial charge on any atom is -0.481 e. The zero-order valence-corrected chi connectivity index (χ0v) is 7.66. The summed E-state index contributed by atoms with van der Waals surface area (Å²) >= 11 is 5.65. The maximum atomic E-state index is 10.8. The second-order valence-electron chi connectivity index (χ2n) is 3.02. The molecule has 5 heteroatoms. The molecule has 0 fully saturated rings. The molecule has 0 amide bonds. The van der Waals surface area contributed by atoms with Crippen molar-refractivity contribution in [3.8, 4) is 0 Å². The highest BCUT2D eigenvalue weighted by Gasteiger charge is 2.37. The summed E-state index contributed by atoms with van der Waals surface area (Å²) in [5.74, 6) is -1.87. The Balaban J connectivity index is 3.01. The van der Waals surface area contributed by atoms with Crippen LogP contribution in [0.25, 0.3) is 0 Å². The van der Waals surface area contributed by atoms with E-state index in [1.165, 1.54) is 12.2 Å². The molecule has 2 atom stereocenters. The van der Waals surface area contributed by atoms with Crippen LogP contribution in [0.15, 0.2) is 23.3 Å². The fourth-order valence-electron chi connectivity index (χ4n) is 1.20. The summed E-state index contributed by atoms with van der Waals surface area (Å²) in [6.07, 6.45) is 4.50. The van der Waals surface area contributed by atoms with Crippen LogP contribution < -0.4 is 11.5 Å². The van der Waals surface area contributed by atoms with Crippen LogP contribution in [0, 0.1) is 5.92 Å². The third-order valence-corrected chi connectivity index (χ3v) is 2.33. The van der Waals surface area contributed by atoms with Crippen LogP contribution in [-0.2, 0) is 4.79 Å². The van der Waals surface area contributed by atoms with E-state index in [1.807, 2.05) is 0 Å². The van der Waals surface area contributed by atoms with Gasteiger partial charge in [0.05, 0.1) is 11.5 Å². The molecule has 1 aliphatic carbocycles. The molecular formula is C8H11ClN2O2. The van der Waals surface area contributed by atoms with Crippen molar-refractivity contribution in [1.82, 2.24) is 0 Å². The van der Waals surface area contributed by atoms with E-state index in [1.54, 1.807) is 6.08 Å². The first-order chi connectivity index (χ1) is 5.99. The first kappa shape index (κ1) is 10.2. The molecule has 0 aromatic rings. The predicted octanol–water partition coefficient (Wildman–Crippen LogP) is 0.0359. The molecule has 2 unspecified atom stereocenters. The standard InChI is InChI=1S/C8H11ClN2O2/c9-5-1-2-8(11,4-10)6(3-5)7(12)13/h1-3,6H,4,10-11H2,(H,12,13). The average Bonchev–Trinajstić information content (AvgIpc) is 2.09. The largest absolute Gasteiger partial charge is 0.481 e. The number of carboxylic acids is 1. The number of halogens is 1. The van der Waals surface area contributed by atoms with Gasteiger partial charge in [0.2, 0.25) is 0 Å². The molecule has 72 valence electrons. The molecule has 0 saturated heterocycles. The summed E-state index contributed by atoms with van der Waals surface area (Å²) in [5.41, 5.74) is 10.1. The molecule has 0 saturated carbocycles. The first-order valence-corrected chi connectivity index (χ1v) is 4.16. The molecule has 0 bridgehead atoms. The van der Waals surface area contributed by atoms with Crippen LogP contribution in [0.3, 0.4) is 0 Å². The Bertz CT molecular complexity index is 288. The van der Waals surface area contributed by atoms with Gasteiger partial charge in [-0.05, 0) is 12.2 Å². The third-order valence-electron chi connectivity index (χ3n) is 2.08. The van der Waals surface area contributed by atoms with E-state index in [9.17, 15) is 4.79 Å². The number of hydrogen-bond acceptors (Lipinski definition) is 3. The summed E-state index contributed by atoms with van der Waals surface area (Å²) in [7, 11) is 0. The van der Waals surface area contributed by atoms with E-state index < -0.39 is 17.4 Å². The van der Waals surface area contributed by atoms with E-state index in [2.05, 4.69) is 0 Å². The van der Waals surface area contributed by atoms with Crippen LogP contribution in [0.4, 0.5) is 0 Å². The molecule has 13 heavy (non-hydrogen) atoms. The summed E-state index contributed by atoms with van der Waals surface area (Å²) in [6.45, 7) is 0.0706. The first-order valence-electron chi connectivity index (χ1n) is 3.78. The van der Waals surface area contributed by atoms with Crippen molar-refractivity contribution in [2.75, 3.05) is 6.54 Å². The second-order valence-corrected chi connectivity index (χ2v) is 3.45. The highest BCUT2D eigenvalue weighted by molar-refractivity contribution is 6.31. The molecular weight excluding hydrogens is 192 g/mol. The fourth-order valence-corrected chi connectivity index (χ4v) is 1.39. The van der Waals surface area contributed by atoms with E-state index in [0.29, 0.717) is 5.03 Å². The van der Waals surface area contributed by atoms with Crippen molar-refractivity contribution in [1.29, 1.82) is 0 Å². The summed E-state index contributed by atoms with van der Waals surface area (Å²) in [5, 5.41) is 9.23. The number of rotatable bonds is 2. The maximum Gasteiger partial charge on any atom is 0.312 e. The Morgan fingerprint density at radius 2 is 2.38 bits per heavy atom. The van der Waals surface area contributed by atoms with Gasteiger partial charge in [-0.25, -0.2) is 0 Å². The lowest BCUT2D eigenvalue weighted by molar-refractivity contribution is -0.141. The summed E-state index contributed by atoms with van der Waals surface area (Å²) < 4.78 is 0. The molecule has 0 aromatic heterocycles. The van der Waals surface area contributed by atoms with Crippen LogP contribution in [0.1, 0.15) is 0 Å². The lowest BCUT2D eigenvalue weighted by Gasteiger charge is -2.31. The molecule has 0 aromatic carbocycles. The molecule has 1 rings (SSSR count). The smallest absolute Gasteiger partial charge is 0.312 e. The Morgan fingerprint density at radius 3 is 2.85 bits per heavy atom. The predicted molar refractivity (Wildman–Crippen MR) is 50.2 cm³/mol. The van der Waals surface area contributed by atoms with E-state index in [4.69, 9.17) is 28.2 Å². The monoisotopic (exact) mass is 202 g/mol. The van der Waals surface area contributed by atoms with Crippen LogP contribution in [-0.4, -0.2) is 23.2 Å². The minimum atomic E-state index is -1.02. The number of carboxylic acid groups (broad SMARTS) is 1. The average molecular weight is 203 g/mol. The highest BCUT2D eigenvalue weighted by Crippen LogP contribution is 2.26. The summed E-state index contributed by atoms with van der Waals surface area (Å²) in [4.78, 5) is 10.8. The van der Waals surface area contributed by atoms with Crippen LogP contribution >= 0.6 is 11.6 Å². The Hall–Kier alpha value is -0.840. The molecule has 1 aliphatic rings. The third kappa shape index (κ3) is 1.91. The number of carbonyl (C=O) groups is 1. The van der Waals surface area contributed by atoms with Crippen LogP contribution in [0.5, 0.6) is 0 Å². The number of hydrogen-bond donors (Lipinski definition) is 3. The van der Waals surface area contributed by atoms with E-state index in [0.717, 1.165) is 0 Å². The van der Waals surface area contributed by atoms with Gasteiger partial charge in [-0.2, -0.15) is 0 Å². The van der Waals surface area contributed by atoms with Crippen LogP contribution in [0.2, 0.25) is 0 Å². The van der Waals surface area contributed by atoms with E-state index >= 15 is 0 Å². The zero-order chi connectivity index (χ0) is 10.1. The Kier molecular flexibility index (Phi) is 2.75. The molecule has 0 spiro atoms. The van der Waals surface area contributed by atoms with Gasteiger partial charge in [-0.1, -0.05) is 17.7 Å². The molecule has 5 N–H and O–H groups in total. The zero-order valence-electron chi connectivity index (χ0n) is 6.90. The Morgan fingerprint density at radius 1 is 1.77 bits per heavy atom. The van der Waals surface area contributed by atoms with Gasteiger partial charge in [0.15, 0.2) is 0 Å². The second kappa shape index (κ2) is 3.49. The normalized spacial score (nSPS) is 32.8. The molecule has 0 aliphatic heterocycles. The lowest BCUT2D eigenvalue weighted by atomic mass is 9.81.